The van der Waals surface area contributed by atoms with Crippen molar-refractivity contribution in [2.24, 2.45) is 7.05 Å². The zero-order valence-corrected chi connectivity index (χ0v) is 14.9. The van der Waals surface area contributed by atoms with E-state index >= 15 is 0 Å². The molecule has 10 heteroatoms. The van der Waals surface area contributed by atoms with Crippen molar-refractivity contribution < 1.29 is 14.0 Å². The van der Waals surface area contributed by atoms with Gasteiger partial charge >= 0.3 is 0 Å². The molecule has 0 aliphatic heterocycles. The van der Waals surface area contributed by atoms with Crippen molar-refractivity contribution in [3.05, 3.63) is 53.0 Å². The Balaban J connectivity index is 1.78. The van der Waals surface area contributed by atoms with Crippen LogP contribution in [0.3, 0.4) is 0 Å². The van der Waals surface area contributed by atoms with Crippen LogP contribution in [-0.4, -0.2) is 31.4 Å². The number of nitrogens with zero attached hydrogens (tertiary/aromatic N) is 4. The molecule has 3 aromatic heterocycles. The molecule has 0 saturated carbocycles. The molecule has 2 N–H and O–H groups in total. The summed E-state index contributed by atoms with van der Waals surface area (Å²) in [7, 11) is 1.66. The standard InChI is InChI=1S/C16H17ClN6O3/c1-3-23-9-12(19-16(25)13-11(17)8-22(2)20-13)14(21-23)15(24)18-7-10-5-4-6-26-10/h4-6,8-9H,3,7H2,1-2H3,(H,18,24)(H,19,25). The van der Waals surface area contributed by atoms with E-state index in [2.05, 4.69) is 20.8 Å². The van der Waals surface area contributed by atoms with Crippen LogP contribution in [0.1, 0.15) is 33.7 Å². The van der Waals surface area contributed by atoms with E-state index in [0.29, 0.717) is 12.3 Å². The molecular formula is C16H17ClN6O3. The number of aryl methyl sites for hydroxylation is 2. The Hall–Kier alpha value is -3.07. The summed E-state index contributed by atoms with van der Waals surface area (Å²) < 4.78 is 8.17. The Labute approximate surface area is 153 Å². The second kappa shape index (κ2) is 7.44. The van der Waals surface area contributed by atoms with E-state index < -0.39 is 11.8 Å². The smallest absolute Gasteiger partial charge is 0.277 e. The molecule has 0 bridgehead atoms. The van der Waals surface area contributed by atoms with E-state index in [1.807, 2.05) is 6.92 Å². The van der Waals surface area contributed by atoms with Crippen LogP contribution in [0.25, 0.3) is 0 Å². The van der Waals surface area contributed by atoms with Crippen LogP contribution in [0.4, 0.5) is 5.69 Å². The lowest BCUT2D eigenvalue weighted by Crippen LogP contribution is -2.25. The highest BCUT2D eigenvalue weighted by Gasteiger charge is 2.21. The fourth-order valence-corrected chi connectivity index (χ4v) is 2.57. The summed E-state index contributed by atoms with van der Waals surface area (Å²) in [6.45, 7) is 2.63. The van der Waals surface area contributed by atoms with Gasteiger partial charge in [-0.15, -0.1) is 0 Å². The van der Waals surface area contributed by atoms with Crippen LogP contribution in [-0.2, 0) is 20.1 Å². The maximum Gasteiger partial charge on any atom is 0.277 e. The van der Waals surface area contributed by atoms with Gasteiger partial charge in [0.05, 0.1) is 23.5 Å². The highest BCUT2D eigenvalue weighted by molar-refractivity contribution is 6.34. The summed E-state index contributed by atoms with van der Waals surface area (Å²) >= 11 is 5.99. The zero-order chi connectivity index (χ0) is 18.7. The van der Waals surface area contributed by atoms with E-state index in [4.69, 9.17) is 16.0 Å². The first-order chi connectivity index (χ1) is 12.5. The third kappa shape index (κ3) is 3.77. The molecule has 26 heavy (non-hydrogen) atoms. The average molecular weight is 377 g/mol. The van der Waals surface area contributed by atoms with Crippen LogP contribution < -0.4 is 10.6 Å². The number of hydrogen-bond donors (Lipinski definition) is 2. The van der Waals surface area contributed by atoms with Crippen LogP contribution in [0.2, 0.25) is 5.02 Å². The van der Waals surface area contributed by atoms with Crippen molar-refractivity contribution in [1.82, 2.24) is 24.9 Å². The number of carbonyl (C=O) groups is 2. The Kier molecular flexibility index (Phi) is 5.08. The van der Waals surface area contributed by atoms with E-state index in [0.717, 1.165) is 0 Å². The van der Waals surface area contributed by atoms with Gasteiger partial charge in [-0.05, 0) is 19.1 Å². The normalized spacial score (nSPS) is 10.7. The number of hydrogen-bond acceptors (Lipinski definition) is 5. The van der Waals surface area contributed by atoms with Gasteiger partial charge in [-0.1, -0.05) is 11.6 Å². The van der Waals surface area contributed by atoms with E-state index in [1.165, 1.54) is 17.1 Å². The molecule has 0 fully saturated rings. The van der Waals surface area contributed by atoms with Crippen molar-refractivity contribution in [1.29, 1.82) is 0 Å². The topological polar surface area (TPSA) is 107 Å². The summed E-state index contributed by atoms with van der Waals surface area (Å²) in [5.41, 5.74) is 0.440. The molecule has 0 saturated heterocycles. The lowest BCUT2D eigenvalue weighted by molar-refractivity contribution is 0.0943. The van der Waals surface area contributed by atoms with Gasteiger partial charge in [0, 0.05) is 26.0 Å². The van der Waals surface area contributed by atoms with Gasteiger partial charge in [0.2, 0.25) is 0 Å². The Morgan fingerprint density at radius 3 is 2.65 bits per heavy atom. The van der Waals surface area contributed by atoms with Crippen molar-refractivity contribution in [2.45, 2.75) is 20.0 Å². The predicted octanol–water partition coefficient (Wildman–Crippen LogP) is 2.07. The van der Waals surface area contributed by atoms with Crippen LogP contribution >= 0.6 is 11.6 Å². The van der Waals surface area contributed by atoms with E-state index in [9.17, 15) is 9.59 Å². The fraction of sp³-hybridized carbons (Fsp3) is 0.250. The summed E-state index contributed by atoms with van der Waals surface area (Å²) in [6, 6.07) is 3.48. The lowest BCUT2D eigenvalue weighted by Gasteiger charge is -2.05. The molecule has 0 spiro atoms. The molecule has 0 atom stereocenters. The third-order valence-electron chi connectivity index (χ3n) is 3.55. The molecule has 136 valence electrons. The van der Waals surface area contributed by atoms with Crippen LogP contribution in [0, 0.1) is 0 Å². The van der Waals surface area contributed by atoms with E-state index in [-0.39, 0.29) is 28.6 Å². The molecule has 3 rings (SSSR count). The Morgan fingerprint density at radius 2 is 2.04 bits per heavy atom. The highest BCUT2D eigenvalue weighted by atomic mass is 35.5. The zero-order valence-electron chi connectivity index (χ0n) is 14.2. The van der Waals surface area contributed by atoms with Crippen molar-refractivity contribution in [3.8, 4) is 0 Å². The van der Waals surface area contributed by atoms with Gasteiger partial charge in [-0.2, -0.15) is 10.2 Å². The van der Waals surface area contributed by atoms with Gasteiger partial charge in [0.1, 0.15) is 5.76 Å². The summed E-state index contributed by atoms with van der Waals surface area (Å²) in [4.78, 5) is 24.9. The second-order valence-corrected chi connectivity index (χ2v) is 5.87. The number of nitrogens with one attached hydrogen (secondary N) is 2. The van der Waals surface area contributed by atoms with Crippen molar-refractivity contribution in [2.75, 3.05) is 5.32 Å². The van der Waals surface area contributed by atoms with Crippen LogP contribution in [0.15, 0.2) is 35.2 Å². The SMILES string of the molecule is CCn1cc(NC(=O)c2nn(C)cc2Cl)c(C(=O)NCc2ccco2)n1. The fourth-order valence-electron chi connectivity index (χ4n) is 2.30. The van der Waals surface area contributed by atoms with Gasteiger partial charge < -0.3 is 15.1 Å². The first-order valence-corrected chi connectivity index (χ1v) is 8.24. The van der Waals surface area contributed by atoms with Gasteiger partial charge in [0.15, 0.2) is 11.4 Å². The number of carbonyl (C=O) groups excluding carboxylic acids is 2. The van der Waals surface area contributed by atoms with Crippen molar-refractivity contribution in [3.63, 3.8) is 0 Å². The molecule has 9 nitrogen and oxygen atoms in total. The predicted molar refractivity (Wildman–Crippen MR) is 94.0 cm³/mol. The van der Waals surface area contributed by atoms with Gasteiger partial charge in [-0.3, -0.25) is 19.0 Å². The number of amides is 2. The monoisotopic (exact) mass is 376 g/mol. The number of aromatic nitrogens is 4. The summed E-state index contributed by atoms with van der Waals surface area (Å²) in [6.07, 6.45) is 4.62. The van der Waals surface area contributed by atoms with Gasteiger partial charge in [-0.25, -0.2) is 0 Å². The first-order valence-electron chi connectivity index (χ1n) is 7.86. The summed E-state index contributed by atoms with van der Waals surface area (Å²) in [5, 5.41) is 13.8. The molecule has 0 radical (unpaired) electrons. The minimum atomic E-state index is -0.522. The molecule has 0 aromatic carbocycles. The first kappa shape index (κ1) is 17.7. The number of halogens is 1. The van der Waals surface area contributed by atoms with Crippen molar-refractivity contribution >= 4 is 29.1 Å². The molecular weight excluding hydrogens is 360 g/mol. The van der Waals surface area contributed by atoms with E-state index in [1.54, 1.807) is 30.1 Å². The lowest BCUT2D eigenvalue weighted by atomic mass is 10.3. The quantitative estimate of drug-likeness (QED) is 0.684. The molecule has 3 heterocycles. The Morgan fingerprint density at radius 1 is 1.23 bits per heavy atom. The third-order valence-corrected chi connectivity index (χ3v) is 3.83. The highest BCUT2D eigenvalue weighted by Crippen LogP contribution is 2.18. The minimum Gasteiger partial charge on any atom is -0.467 e. The second-order valence-electron chi connectivity index (χ2n) is 5.46. The minimum absolute atomic E-state index is 0.0698. The molecule has 0 unspecified atom stereocenters. The molecule has 2 amide bonds. The number of rotatable bonds is 6. The molecule has 0 aliphatic rings. The average Bonchev–Trinajstić information content (AvgIpc) is 3.32. The summed E-state index contributed by atoms with van der Waals surface area (Å²) in [5.74, 6) is -0.346. The number of furan rings is 1. The van der Waals surface area contributed by atoms with Crippen LogP contribution in [0.5, 0.6) is 0 Å². The maximum atomic E-state index is 12.5. The molecule has 0 aliphatic carbocycles. The maximum absolute atomic E-state index is 12.5. The Bertz CT molecular complexity index is 928. The van der Waals surface area contributed by atoms with Gasteiger partial charge in [0.25, 0.3) is 11.8 Å². The number of anilines is 1. The molecule has 3 aromatic rings. The largest absolute Gasteiger partial charge is 0.467 e.